The van der Waals surface area contributed by atoms with Gasteiger partial charge in [-0.05, 0) is 48.9 Å². The molecule has 0 aliphatic carbocycles. The molecule has 0 bridgehead atoms. The van der Waals surface area contributed by atoms with Crippen molar-refractivity contribution in [3.05, 3.63) is 83.1 Å². The van der Waals surface area contributed by atoms with Crippen molar-refractivity contribution < 1.29 is 14.0 Å². The molecule has 3 aromatic carbocycles. The minimum absolute atomic E-state index is 0.0813. The van der Waals surface area contributed by atoms with Crippen molar-refractivity contribution in [1.29, 1.82) is 0 Å². The van der Waals surface area contributed by atoms with Crippen molar-refractivity contribution in [2.75, 3.05) is 4.90 Å². The number of carbonyl (C=O) groups excluding carboxylic acids is 2. The normalized spacial score (nSPS) is 14.6. The molecule has 1 aromatic heterocycles. The molecule has 0 fully saturated rings. The lowest BCUT2D eigenvalue weighted by molar-refractivity contribution is -0.119. The molecule has 1 aliphatic heterocycles. The van der Waals surface area contributed by atoms with Crippen molar-refractivity contribution in [1.82, 2.24) is 4.57 Å². The van der Waals surface area contributed by atoms with Crippen LogP contribution in [0.4, 0.5) is 10.1 Å². The number of hydrogen-bond donors (Lipinski definition) is 0. The zero-order valence-electron chi connectivity index (χ0n) is 16.0. The second-order valence-corrected chi connectivity index (χ2v) is 7.48. The molecule has 1 aliphatic rings. The van der Waals surface area contributed by atoms with Gasteiger partial charge in [-0.25, -0.2) is 9.29 Å². The number of amides is 2. The fourth-order valence-corrected chi connectivity index (χ4v) is 4.40. The van der Waals surface area contributed by atoms with E-state index in [1.807, 2.05) is 30.3 Å². The average Bonchev–Trinajstić information content (AvgIpc) is 3.19. The van der Waals surface area contributed by atoms with Gasteiger partial charge in [-0.3, -0.25) is 9.59 Å². The summed E-state index contributed by atoms with van der Waals surface area (Å²) in [4.78, 5) is 27.1. The first-order valence-electron chi connectivity index (χ1n) is 9.56. The van der Waals surface area contributed by atoms with Crippen LogP contribution in [0.25, 0.3) is 27.4 Å². The van der Waals surface area contributed by atoms with Gasteiger partial charge in [0.1, 0.15) is 10.8 Å². The summed E-state index contributed by atoms with van der Waals surface area (Å²) in [5, 5.41) is 1.84. The Morgan fingerprint density at radius 1 is 0.867 bits per heavy atom. The first-order chi connectivity index (χ1) is 14.5. The zero-order chi connectivity index (χ0) is 21.0. The Kier molecular flexibility index (Phi) is 4.22. The maximum absolute atomic E-state index is 13.3. The number of halogens is 2. The largest absolute Gasteiger partial charge is 0.341 e. The summed E-state index contributed by atoms with van der Waals surface area (Å²) in [6.07, 6.45) is 0. The second kappa shape index (κ2) is 6.82. The standard InChI is InChI=1S/C24H16ClFN2O2/c1-2-27-19-6-4-3-5-17(19)18-13-16(11-12-20(18)27)28-23(29)21(22(25)24(28)30)14-7-9-15(26)10-8-14/h3-13H,2H2,1H3. The lowest BCUT2D eigenvalue weighted by Crippen LogP contribution is -2.31. The molecule has 30 heavy (non-hydrogen) atoms. The zero-order valence-corrected chi connectivity index (χ0v) is 16.8. The van der Waals surface area contributed by atoms with Crippen LogP contribution in [0.5, 0.6) is 0 Å². The molecule has 5 rings (SSSR count). The van der Waals surface area contributed by atoms with Crippen molar-refractivity contribution in [2.24, 2.45) is 0 Å². The molecule has 4 nitrogen and oxygen atoms in total. The van der Waals surface area contributed by atoms with Gasteiger partial charge in [-0.2, -0.15) is 0 Å². The number of benzene rings is 3. The van der Waals surface area contributed by atoms with Crippen LogP contribution in [0.2, 0.25) is 0 Å². The number of anilines is 1. The lowest BCUT2D eigenvalue weighted by atomic mass is 10.1. The highest BCUT2D eigenvalue weighted by atomic mass is 35.5. The van der Waals surface area contributed by atoms with E-state index >= 15 is 0 Å². The number of aromatic nitrogens is 1. The third-order valence-corrected chi connectivity index (χ3v) is 5.84. The van der Waals surface area contributed by atoms with Gasteiger partial charge in [-0.15, -0.1) is 0 Å². The summed E-state index contributed by atoms with van der Waals surface area (Å²) < 4.78 is 15.5. The Labute approximate surface area is 176 Å². The third kappa shape index (κ3) is 2.59. The van der Waals surface area contributed by atoms with Gasteiger partial charge in [0.2, 0.25) is 0 Å². The molecule has 4 aromatic rings. The molecule has 6 heteroatoms. The molecule has 0 saturated carbocycles. The van der Waals surface area contributed by atoms with E-state index in [0.717, 1.165) is 33.3 Å². The second-order valence-electron chi connectivity index (χ2n) is 7.10. The van der Waals surface area contributed by atoms with Crippen molar-refractivity contribution in [2.45, 2.75) is 13.5 Å². The van der Waals surface area contributed by atoms with Crippen molar-refractivity contribution in [3.63, 3.8) is 0 Å². The molecular weight excluding hydrogens is 403 g/mol. The molecule has 0 saturated heterocycles. The molecular formula is C24H16ClFN2O2. The van der Waals surface area contributed by atoms with Crippen LogP contribution >= 0.6 is 11.6 Å². The minimum Gasteiger partial charge on any atom is -0.341 e. The van der Waals surface area contributed by atoms with Gasteiger partial charge in [0, 0.05) is 28.4 Å². The summed E-state index contributed by atoms with van der Waals surface area (Å²) in [6.45, 7) is 2.87. The van der Waals surface area contributed by atoms with E-state index in [1.54, 1.807) is 6.07 Å². The molecule has 0 N–H and O–H groups in total. The Hall–Kier alpha value is -3.44. The van der Waals surface area contributed by atoms with Crippen LogP contribution in [0.3, 0.4) is 0 Å². The predicted octanol–water partition coefficient (Wildman–Crippen LogP) is 5.48. The highest BCUT2D eigenvalue weighted by Gasteiger charge is 2.39. The Morgan fingerprint density at radius 2 is 1.57 bits per heavy atom. The summed E-state index contributed by atoms with van der Waals surface area (Å²) >= 11 is 6.25. The average molecular weight is 419 g/mol. The number of nitrogens with zero attached hydrogens (tertiary/aromatic N) is 2. The molecule has 2 amide bonds. The van der Waals surface area contributed by atoms with Gasteiger partial charge in [0.15, 0.2) is 0 Å². The molecule has 148 valence electrons. The van der Waals surface area contributed by atoms with E-state index in [2.05, 4.69) is 17.6 Å². The van der Waals surface area contributed by atoms with Crippen LogP contribution in [-0.4, -0.2) is 16.4 Å². The number of imide groups is 1. The van der Waals surface area contributed by atoms with Crippen LogP contribution in [0.1, 0.15) is 12.5 Å². The number of aryl methyl sites for hydroxylation is 1. The fourth-order valence-electron chi connectivity index (χ4n) is 4.13. The van der Waals surface area contributed by atoms with E-state index in [4.69, 9.17) is 11.6 Å². The number of carbonyl (C=O) groups is 2. The highest BCUT2D eigenvalue weighted by molar-refractivity contribution is 6.60. The van der Waals surface area contributed by atoms with Gasteiger partial charge < -0.3 is 4.57 Å². The lowest BCUT2D eigenvalue weighted by Gasteiger charge is -2.15. The highest BCUT2D eigenvalue weighted by Crippen LogP contribution is 2.37. The van der Waals surface area contributed by atoms with E-state index < -0.39 is 17.6 Å². The number of fused-ring (bicyclic) bond motifs is 3. The molecule has 0 atom stereocenters. The first-order valence-corrected chi connectivity index (χ1v) is 9.94. The SMILES string of the molecule is CCn1c2ccccc2c2cc(N3C(=O)C(Cl)=C(c4ccc(F)cc4)C3=O)ccc21. The molecule has 2 heterocycles. The smallest absolute Gasteiger partial charge is 0.277 e. The summed E-state index contributed by atoms with van der Waals surface area (Å²) in [5.41, 5.74) is 3.06. The maximum atomic E-state index is 13.3. The summed E-state index contributed by atoms with van der Waals surface area (Å²) in [7, 11) is 0. The quantitative estimate of drug-likeness (QED) is 0.413. The molecule has 0 spiro atoms. The van der Waals surface area contributed by atoms with Gasteiger partial charge in [0.05, 0.1) is 11.3 Å². The fraction of sp³-hybridized carbons (Fsp3) is 0.0833. The summed E-state index contributed by atoms with van der Waals surface area (Å²) in [6, 6.07) is 18.9. The molecule has 0 unspecified atom stereocenters. The van der Waals surface area contributed by atoms with E-state index in [9.17, 15) is 14.0 Å². The Balaban J connectivity index is 1.64. The topological polar surface area (TPSA) is 42.3 Å². The minimum atomic E-state index is -0.584. The van der Waals surface area contributed by atoms with Crippen LogP contribution in [0.15, 0.2) is 71.8 Å². The van der Waals surface area contributed by atoms with Crippen molar-refractivity contribution in [3.8, 4) is 0 Å². The van der Waals surface area contributed by atoms with Crippen LogP contribution in [0, 0.1) is 5.82 Å². The van der Waals surface area contributed by atoms with Crippen LogP contribution in [-0.2, 0) is 16.1 Å². The van der Waals surface area contributed by atoms with E-state index in [1.165, 1.54) is 24.3 Å². The van der Waals surface area contributed by atoms with E-state index in [-0.39, 0.29) is 10.6 Å². The van der Waals surface area contributed by atoms with Crippen LogP contribution < -0.4 is 4.90 Å². The number of para-hydroxylation sites is 1. The van der Waals surface area contributed by atoms with E-state index in [0.29, 0.717) is 11.3 Å². The Morgan fingerprint density at radius 3 is 2.30 bits per heavy atom. The van der Waals surface area contributed by atoms with Gasteiger partial charge in [0.25, 0.3) is 11.8 Å². The van der Waals surface area contributed by atoms with Gasteiger partial charge >= 0.3 is 0 Å². The summed E-state index contributed by atoms with van der Waals surface area (Å²) in [5.74, 6) is -1.53. The molecule has 0 radical (unpaired) electrons. The van der Waals surface area contributed by atoms with Gasteiger partial charge in [-0.1, -0.05) is 41.9 Å². The predicted molar refractivity (Wildman–Crippen MR) is 117 cm³/mol. The third-order valence-electron chi connectivity index (χ3n) is 5.49. The first kappa shape index (κ1) is 18.6. The number of hydrogen-bond acceptors (Lipinski definition) is 2. The van der Waals surface area contributed by atoms with Crippen molar-refractivity contribution >= 4 is 56.5 Å². The Bertz CT molecular complexity index is 1390. The number of rotatable bonds is 3. The maximum Gasteiger partial charge on any atom is 0.277 e. The monoisotopic (exact) mass is 418 g/mol.